The molecule has 0 spiro atoms. The summed E-state index contributed by atoms with van der Waals surface area (Å²) in [6.07, 6.45) is 1.75. The van der Waals surface area contributed by atoms with Crippen LogP contribution in [0.3, 0.4) is 0 Å². The Bertz CT molecular complexity index is 1640. The molecule has 0 bridgehead atoms. The summed E-state index contributed by atoms with van der Waals surface area (Å²) in [5.41, 5.74) is 1.25. The van der Waals surface area contributed by atoms with E-state index in [0.29, 0.717) is 11.6 Å². The Morgan fingerprint density at radius 2 is 1.48 bits per heavy atom. The smallest absolute Gasteiger partial charge is 0.264 e. The molecule has 0 unspecified atom stereocenters. The molecule has 4 aromatic rings. The van der Waals surface area contributed by atoms with Gasteiger partial charge in [0.1, 0.15) is 18.4 Å². The number of amides is 2. The number of carbonyl (C=O) groups is 2. The van der Waals surface area contributed by atoms with Crippen LogP contribution in [0.1, 0.15) is 30.9 Å². The predicted octanol–water partition coefficient (Wildman–Crippen LogP) is 6.23. The van der Waals surface area contributed by atoms with Crippen molar-refractivity contribution in [3.8, 4) is 0 Å². The molecule has 1 atom stereocenters. The normalized spacial score (nSPS) is 11.9. The molecule has 0 aliphatic rings. The minimum absolute atomic E-state index is 0.0580. The monoisotopic (exact) mass is 635 g/mol. The van der Waals surface area contributed by atoms with Crippen LogP contribution in [-0.2, 0) is 32.6 Å². The summed E-state index contributed by atoms with van der Waals surface area (Å²) in [5.74, 6) is -1.61. The van der Waals surface area contributed by atoms with Crippen LogP contribution < -0.4 is 9.62 Å². The van der Waals surface area contributed by atoms with Gasteiger partial charge in [-0.25, -0.2) is 12.8 Å². The van der Waals surface area contributed by atoms with E-state index in [1.54, 1.807) is 48.5 Å². The maximum absolute atomic E-state index is 15.0. The van der Waals surface area contributed by atoms with E-state index < -0.39 is 40.2 Å². The predicted molar refractivity (Wildman–Crippen MR) is 171 cm³/mol. The fourth-order valence-electron chi connectivity index (χ4n) is 4.73. The lowest BCUT2D eigenvalue weighted by Gasteiger charge is -2.34. The largest absolute Gasteiger partial charge is 0.354 e. The standard InChI is InChI=1S/C34H35ClFN3O4S/c1-2-3-22-37-34(41)32(23-26-12-6-4-7-13-26)38(24-27-14-10-11-17-31(27)36)33(40)25-39(29-15-8-5-9-16-29)44(42,43)30-20-18-28(35)19-21-30/h4-21,32H,2-3,22-25H2,1H3,(H,37,41)/t32-/m1/s1. The lowest BCUT2D eigenvalue weighted by Crippen LogP contribution is -2.53. The van der Waals surface area contributed by atoms with Gasteiger partial charge in [0.25, 0.3) is 10.0 Å². The third-order valence-electron chi connectivity index (χ3n) is 7.12. The molecule has 44 heavy (non-hydrogen) atoms. The average Bonchev–Trinajstić information content (AvgIpc) is 3.03. The summed E-state index contributed by atoms with van der Waals surface area (Å²) in [6.45, 7) is 1.54. The van der Waals surface area contributed by atoms with Gasteiger partial charge in [0, 0.05) is 30.1 Å². The first-order valence-electron chi connectivity index (χ1n) is 14.4. The Kier molecular flexibility index (Phi) is 11.5. The number of para-hydroxylation sites is 1. The fraction of sp³-hybridized carbons (Fsp3) is 0.235. The highest BCUT2D eigenvalue weighted by Gasteiger charge is 2.34. The Morgan fingerprint density at radius 1 is 0.864 bits per heavy atom. The third kappa shape index (κ3) is 8.45. The topological polar surface area (TPSA) is 86.8 Å². The molecule has 0 saturated heterocycles. The molecule has 230 valence electrons. The van der Waals surface area contributed by atoms with Crippen molar-refractivity contribution in [1.82, 2.24) is 10.2 Å². The first-order chi connectivity index (χ1) is 21.2. The van der Waals surface area contributed by atoms with Crippen LogP contribution in [0.25, 0.3) is 0 Å². The van der Waals surface area contributed by atoms with Crippen molar-refractivity contribution in [1.29, 1.82) is 0 Å². The Morgan fingerprint density at radius 3 is 2.11 bits per heavy atom. The molecule has 10 heteroatoms. The second kappa shape index (κ2) is 15.5. The van der Waals surface area contributed by atoms with Gasteiger partial charge in [-0.15, -0.1) is 0 Å². The summed E-state index contributed by atoms with van der Waals surface area (Å²) in [6, 6.07) is 28.1. The molecule has 0 fully saturated rings. The summed E-state index contributed by atoms with van der Waals surface area (Å²) in [4.78, 5) is 29.3. The van der Waals surface area contributed by atoms with E-state index in [9.17, 15) is 22.4 Å². The van der Waals surface area contributed by atoms with Crippen LogP contribution >= 0.6 is 11.6 Å². The van der Waals surface area contributed by atoms with Crippen molar-refractivity contribution in [2.75, 3.05) is 17.4 Å². The van der Waals surface area contributed by atoms with Gasteiger partial charge in [-0.2, -0.15) is 0 Å². The number of carbonyl (C=O) groups excluding carboxylic acids is 2. The van der Waals surface area contributed by atoms with Gasteiger partial charge in [-0.3, -0.25) is 13.9 Å². The zero-order chi connectivity index (χ0) is 31.5. The van der Waals surface area contributed by atoms with E-state index in [0.717, 1.165) is 22.7 Å². The molecule has 7 nitrogen and oxygen atoms in total. The van der Waals surface area contributed by atoms with Crippen LogP contribution in [0, 0.1) is 5.82 Å². The Hall–Kier alpha value is -4.21. The summed E-state index contributed by atoms with van der Waals surface area (Å²) < 4.78 is 43.9. The van der Waals surface area contributed by atoms with Crippen LogP contribution in [-0.4, -0.2) is 44.3 Å². The van der Waals surface area contributed by atoms with Crippen molar-refractivity contribution in [3.63, 3.8) is 0 Å². The average molecular weight is 636 g/mol. The van der Waals surface area contributed by atoms with Gasteiger partial charge >= 0.3 is 0 Å². The molecule has 0 radical (unpaired) electrons. The summed E-state index contributed by atoms with van der Waals surface area (Å²) in [5, 5.41) is 3.28. The second-order valence-electron chi connectivity index (χ2n) is 10.3. The maximum Gasteiger partial charge on any atom is 0.264 e. The van der Waals surface area contributed by atoms with Crippen molar-refractivity contribution >= 4 is 39.1 Å². The number of halogens is 2. The van der Waals surface area contributed by atoms with E-state index in [4.69, 9.17) is 11.6 Å². The van der Waals surface area contributed by atoms with Crippen molar-refractivity contribution in [2.45, 2.75) is 43.7 Å². The molecule has 2 amide bonds. The minimum Gasteiger partial charge on any atom is -0.354 e. The number of nitrogens with one attached hydrogen (secondary N) is 1. The lowest BCUT2D eigenvalue weighted by atomic mass is 10.0. The molecule has 4 aromatic carbocycles. The number of anilines is 1. The zero-order valence-electron chi connectivity index (χ0n) is 24.4. The number of benzene rings is 4. The molecule has 0 aliphatic heterocycles. The first kappa shape index (κ1) is 32.7. The molecule has 4 rings (SSSR count). The molecule has 0 aliphatic carbocycles. The molecule has 1 N–H and O–H groups in total. The summed E-state index contributed by atoms with van der Waals surface area (Å²) >= 11 is 6.01. The van der Waals surface area contributed by atoms with Crippen molar-refractivity contribution in [3.05, 3.63) is 131 Å². The highest BCUT2D eigenvalue weighted by Crippen LogP contribution is 2.26. The van der Waals surface area contributed by atoms with E-state index in [-0.39, 0.29) is 29.1 Å². The highest BCUT2D eigenvalue weighted by atomic mass is 35.5. The number of rotatable bonds is 14. The summed E-state index contributed by atoms with van der Waals surface area (Å²) in [7, 11) is -4.25. The lowest BCUT2D eigenvalue weighted by molar-refractivity contribution is -0.140. The van der Waals surface area contributed by atoms with Crippen molar-refractivity contribution in [2.24, 2.45) is 0 Å². The van der Waals surface area contributed by atoms with Gasteiger partial charge in [0.15, 0.2) is 0 Å². The van der Waals surface area contributed by atoms with Crippen LogP contribution in [0.2, 0.25) is 5.02 Å². The second-order valence-corrected chi connectivity index (χ2v) is 12.6. The first-order valence-corrected chi connectivity index (χ1v) is 16.2. The number of hydrogen-bond donors (Lipinski definition) is 1. The Balaban J connectivity index is 1.78. The van der Waals surface area contributed by atoms with Gasteiger partial charge in [0.05, 0.1) is 10.6 Å². The van der Waals surface area contributed by atoms with E-state index in [2.05, 4.69) is 5.32 Å². The van der Waals surface area contributed by atoms with Gasteiger partial charge in [0.2, 0.25) is 11.8 Å². The van der Waals surface area contributed by atoms with Crippen LogP contribution in [0.5, 0.6) is 0 Å². The highest BCUT2D eigenvalue weighted by molar-refractivity contribution is 7.92. The van der Waals surface area contributed by atoms with Crippen LogP contribution in [0.15, 0.2) is 114 Å². The van der Waals surface area contributed by atoms with Crippen LogP contribution in [0.4, 0.5) is 10.1 Å². The molecule has 0 saturated carbocycles. The molecular weight excluding hydrogens is 601 g/mol. The molecule has 0 heterocycles. The number of sulfonamides is 1. The minimum atomic E-state index is -4.25. The third-order valence-corrected chi connectivity index (χ3v) is 9.16. The maximum atomic E-state index is 15.0. The van der Waals surface area contributed by atoms with E-state index in [1.807, 2.05) is 37.3 Å². The molecule has 0 aromatic heterocycles. The fourth-order valence-corrected chi connectivity index (χ4v) is 6.27. The number of unbranched alkanes of at least 4 members (excludes halogenated alkanes) is 1. The van der Waals surface area contributed by atoms with E-state index in [1.165, 1.54) is 35.2 Å². The quantitative estimate of drug-likeness (QED) is 0.166. The number of hydrogen-bond acceptors (Lipinski definition) is 4. The van der Waals surface area contributed by atoms with E-state index >= 15 is 0 Å². The molecular formula is C34H35ClFN3O4S. The SMILES string of the molecule is CCCCNC(=O)[C@@H](Cc1ccccc1)N(Cc1ccccc1F)C(=O)CN(c1ccccc1)S(=O)(=O)c1ccc(Cl)cc1. The zero-order valence-corrected chi connectivity index (χ0v) is 26.0. The Labute approximate surface area is 263 Å². The van der Waals surface area contributed by atoms with Gasteiger partial charge < -0.3 is 10.2 Å². The van der Waals surface area contributed by atoms with Gasteiger partial charge in [-0.1, -0.05) is 91.7 Å². The number of nitrogens with zero attached hydrogens (tertiary/aromatic N) is 2. The van der Waals surface area contributed by atoms with Gasteiger partial charge in [-0.05, 0) is 54.4 Å². The van der Waals surface area contributed by atoms with Crippen molar-refractivity contribution < 1.29 is 22.4 Å².